The zero-order valence-corrected chi connectivity index (χ0v) is 10.7. The minimum atomic E-state index is -2.59. The van der Waals surface area contributed by atoms with E-state index in [0.29, 0.717) is 10.5 Å². The van der Waals surface area contributed by atoms with Crippen LogP contribution in [0.1, 0.15) is 21.4 Å². The second kappa shape index (κ2) is 6.00. The molecule has 96 valence electrons. The number of carbonyl (C=O) groups excluding carboxylic acids is 2. The molecule has 0 unspecified atom stereocenters. The Morgan fingerprint density at radius 3 is 2.61 bits per heavy atom. The molecule has 0 N–H and O–H groups in total. The van der Waals surface area contributed by atoms with Crippen LogP contribution in [0.2, 0.25) is 0 Å². The Bertz CT molecular complexity index is 566. The first-order valence-corrected chi connectivity index (χ1v) is 5.43. The molecule has 0 saturated carbocycles. The van der Waals surface area contributed by atoms with Crippen LogP contribution in [0.4, 0.5) is 5.69 Å². The Hall–Kier alpha value is -2.10. The highest BCUT2D eigenvalue weighted by atomic mass is 16.2. The van der Waals surface area contributed by atoms with E-state index in [-0.39, 0.29) is 11.5 Å². The molecule has 0 aliphatic carbocycles. The van der Waals surface area contributed by atoms with Crippen molar-refractivity contribution in [2.75, 3.05) is 26.0 Å². The van der Waals surface area contributed by atoms with Crippen LogP contribution in [0.25, 0.3) is 0 Å². The Morgan fingerprint density at radius 1 is 1.33 bits per heavy atom. The van der Waals surface area contributed by atoms with E-state index in [9.17, 15) is 9.59 Å². The number of ketones is 1. The topological polar surface area (TPSA) is 40.6 Å². The highest BCUT2D eigenvalue weighted by Crippen LogP contribution is 2.15. The highest BCUT2D eigenvalue weighted by molar-refractivity contribution is 6.05. The number of nitrogens with zero attached hydrogens (tertiary/aromatic N) is 2. The molecule has 0 saturated heterocycles. The summed E-state index contributed by atoms with van der Waals surface area (Å²) in [5.41, 5.74) is 0.493. The molecule has 4 heteroatoms. The number of benzene rings is 1. The molecule has 0 aromatic heterocycles. The van der Waals surface area contributed by atoms with E-state index in [1.54, 1.807) is 37.3 Å². The van der Waals surface area contributed by atoms with Gasteiger partial charge in [-0.3, -0.25) is 9.59 Å². The van der Waals surface area contributed by atoms with Crippen LogP contribution in [0.15, 0.2) is 36.5 Å². The van der Waals surface area contributed by atoms with Gasteiger partial charge in [0.05, 0.1) is 0 Å². The lowest BCUT2D eigenvalue weighted by Gasteiger charge is -2.15. The quantitative estimate of drug-likeness (QED) is 0.604. The number of allylic oxidation sites excluding steroid dienone is 1. The molecule has 1 aromatic rings. The van der Waals surface area contributed by atoms with E-state index in [2.05, 4.69) is 0 Å². The van der Waals surface area contributed by atoms with Crippen LogP contribution in [-0.2, 0) is 4.79 Å². The highest BCUT2D eigenvalue weighted by Gasteiger charge is 2.08. The van der Waals surface area contributed by atoms with Crippen molar-refractivity contribution >= 4 is 17.4 Å². The molecule has 4 nitrogen and oxygen atoms in total. The van der Waals surface area contributed by atoms with Crippen LogP contribution in [0.3, 0.4) is 0 Å². The third-order valence-corrected chi connectivity index (χ3v) is 2.23. The van der Waals surface area contributed by atoms with Crippen molar-refractivity contribution in [3.8, 4) is 0 Å². The van der Waals surface area contributed by atoms with Crippen molar-refractivity contribution < 1.29 is 13.7 Å². The van der Waals surface area contributed by atoms with Crippen LogP contribution in [0.5, 0.6) is 0 Å². The Labute approximate surface area is 112 Å². The largest absolute Gasteiger partial charge is 0.383 e. The van der Waals surface area contributed by atoms with Crippen LogP contribution in [-0.4, -0.2) is 37.7 Å². The first-order valence-electron chi connectivity index (χ1n) is 6.93. The van der Waals surface area contributed by atoms with Crippen LogP contribution < -0.4 is 4.90 Å². The maximum atomic E-state index is 12.0. The molecule has 1 rings (SSSR count). The lowest BCUT2D eigenvalue weighted by atomic mass is 10.1. The maximum absolute atomic E-state index is 12.0. The average Bonchev–Trinajstić information content (AvgIpc) is 2.34. The predicted molar refractivity (Wildman–Crippen MR) is 72.7 cm³/mol. The van der Waals surface area contributed by atoms with E-state index in [1.807, 2.05) is 0 Å². The van der Waals surface area contributed by atoms with E-state index in [1.165, 1.54) is 25.1 Å². The summed E-state index contributed by atoms with van der Waals surface area (Å²) < 4.78 is 22.2. The summed E-state index contributed by atoms with van der Waals surface area (Å²) in [6.45, 7) is -1.42. The van der Waals surface area contributed by atoms with Crippen molar-refractivity contribution in [3.05, 3.63) is 42.1 Å². The fourth-order valence-electron chi connectivity index (χ4n) is 1.29. The van der Waals surface area contributed by atoms with E-state index < -0.39 is 12.9 Å². The van der Waals surface area contributed by atoms with Crippen molar-refractivity contribution in [2.24, 2.45) is 0 Å². The van der Waals surface area contributed by atoms with Gasteiger partial charge >= 0.3 is 0 Å². The Balaban J connectivity index is 3.15. The van der Waals surface area contributed by atoms with Crippen LogP contribution in [0, 0.1) is 0 Å². The molecule has 0 radical (unpaired) electrons. The number of amides is 1. The normalized spacial score (nSPS) is 13.6. The minimum Gasteiger partial charge on any atom is -0.383 e. The van der Waals surface area contributed by atoms with Gasteiger partial charge in [-0.15, -0.1) is 0 Å². The molecule has 1 amide bonds. The zero-order chi connectivity index (χ0) is 16.2. The van der Waals surface area contributed by atoms with Gasteiger partial charge in [-0.2, -0.15) is 0 Å². The molecule has 0 atom stereocenters. The standard InChI is InChI=1S/C14H18N2O2/c1-11(17)16(4)13-7-5-6-12(10-13)14(18)8-9-15(2)3/h5-10H,1-4H3/b9-8+/i4D3. The van der Waals surface area contributed by atoms with Crippen molar-refractivity contribution in [3.63, 3.8) is 0 Å². The van der Waals surface area contributed by atoms with Gasteiger partial charge in [-0.05, 0) is 12.1 Å². The molecular weight excluding hydrogens is 228 g/mol. The number of hydrogen-bond donors (Lipinski definition) is 0. The molecule has 0 bridgehead atoms. The summed E-state index contributed by atoms with van der Waals surface area (Å²) in [6.07, 6.45) is 2.98. The smallest absolute Gasteiger partial charge is 0.223 e. The SMILES string of the molecule is [2H]C([2H])([2H])N(C(C)=O)c1cccc(C(=O)/C=C/N(C)C)c1. The Morgan fingerprint density at radius 2 is 2.06 bits per heavy atom. The zero-order valence-electron chi connectivity index (χ0n) is 13.7. The molecule has 0 aliphatic rings. The summed E-state index contributed by atoms with van der Waals surface area (Å²) in [5.74, 6) is -0.872. The molecule has 0 heterocycles. The summed E-state index contributed by atoms with van der Waals surface area (Å²) in [6, 6.07) is 6.01. The molecular formula is C14H18N2O2. The lowest BCUT2D eigenvalue weighted by molar-refractivity contribution is -0.116. The summed E-state index contributed by atoms with van der Waals surface area (Å²) >= 11 is 0. The second-order valence-electron chi connectivity index (χ2n) is 4.05. The van der Waals surface area contributed by atoms with Gasteiger partial charge < -0.3 is 9.80 Å². The third kappa shape index (κ3) is 3.73. The fourth-order valence-corrected chi connectivity index (χ4v) is 1.29. The Kier molecular flexibility index (Phi) is 3.30. The van der Waals surface area contributed by atoms with Gasteiger partial charge in [0.1, 0.15) is 0 Å². The van der Waals surface area contributed by atoms with Gasteiger partial charge in [0.15, 0.2) is 5.78 Å². The van der Waals surface area contributed by atoms with Gasteiger partial charge in [0.25, 0.3) is 0 Å². The van der Waals surface area contributed by atoms with Gasteiger partial charge in [0, 0.05) is 55.6 Å². The average molecular weight is 249 g/mol. The monoisotopic (exact) mass is 249 g/mol. The third-order valence-electron chi connectivity index (χ3n) is 2.23. The molecule has 0 fully saturated rings. The van der Waals surface area contributed by atoms with Crippen molar-refractivity contribution in [1.82, 2.24) is 4.90 Å². The number of hydrogen-bond acceptors (Lipinski definition) is 3. The van der Waals surface area contributed by atoms with Gasteiger partial charge in [0.2, 0.25) is 5.91 Å². The molecule has 18 heavy (non-hydrogen) atoms. The fraction of sp³-hybridized carbons (Fsp3) is 0.286. The number of carbonyl (C=O) groups is 2. The van der Waals surface area contributed by atoms with Gasteiger partial charge in [-0.25, -0.2) is 0 Å². The summed E-state index contributed by atoms with van der Waals surface area (Å²) in [5, 5.41) is 0. The first-order chi connectivity index (χ1) is 9.62. The summed E-state index contributed by atoms with van der Waals surface area (Å²) in [7, 11) is 3.57. The lowest BCUT2D eigenvalue weighted by Crippen LogP contribution is -2.22. The van der Waals surface area contributed by atoms with Crippen molar-refractivity contribution in [2.45, 2.75) is 6.92 Å². The van der Waals surface area contributed by atoms with Crippen LogP contribution >= 0.6 is 0 Å². The van der Waals surface area contributed by atoms with E-state index >= 15 is 0 Å². The number of rotatable bonds is 4. The predicted octanol–water partition coefficient (Wildman–Crippen LogP) is 1.93. The van der Waals surface area contributed by atoms with E-state index in [0.717, 1.165) is 0 Å². The number of anilines is 1. The maximum Gasteiger partial charge on any atom is 0.223 e. The van der Waals surface area contributed by atoms with Gasteiger partial charge in [-0.1, -0.05) is 12.1 Å². The molecule has 1 aromatic carbocycles. The first kappa shape index (κ1) is 9.88. The van der Waals surface area contributed by atoms with E-state index in [4.69, 9.17) is 4.11 Å². The minimum absolute atomic E-state index is 0.173. The second-order valence-corrected chi connectivity index (χ2v) is 4.05. The molecule has 0 spiro atoms. The summed E-state index contributed by atoms with van der Waals surface area (Å²) in [4.78, 5) is 25.9. The molecule has 0 aliphatic heterocycles. The van der Waals surface area contributed by atoms with Crippen molar-refractivity contribution in [1.29, 1.82) is 0 Å².